The van der Waals surface area contributed by atoms with Crippen LogP contribution in [0.4, 0.5) is 0 Å². The third-order valence-corrected chi connectivity index (χ3v) is 5.27. The van der Waals surface area contributed by atoms with E-state index in [1.165, 1.54) is 12.1 Å². The molecule has 128 valence electrons. The summed E-state index contributed by atoms with van der Waals surface area (Å²) in [5, 5.41) is 9.75. The van der Waals surface area contributed by atoms with Crippen LogP contribution in [-0.2, 0) is 14.8 Å². The number of carboxylic acid groups (broad SMARTS) is 1. The zero-order valence-electron chi connectivity index (χ0n) is 13.2. The highest BCUT2D eigenvalue weighted by Crippen LogP contribution is 2.23. The van der Waals surface area contributed by atoms with Gasteiger partial charge in [0.1, 0.15) is 6.04 Å². The molecule has 2 aromatic carbocycles. The predicted octanol–water partition coefficient (Wildman–Crippen LogP) is 3.39. The molecular weight excluding hydrogens is 350 g/mol. The number of halogens is 1. The SMILES string of the molecule is CC(C)[C@@H](NS(=O)(=O)c1ccc(-c2ccc(Cl)cc2)cc1)C(=O)O. The molecule has 0 spiro atoms. The van der Waals surface area contributed by atoms with Crippen molar-refractivity contribution in [3.8, 4) is 11.1 Å². The van der Waals surface area contributed by atoms with Crippen LogP contribution in [0.25, 0.3) is 11.1 Å². The molecule has 0 amide bonds. The molecule has 2 aromatic rings. The highest BCUT2D eigenvalue weighted by atomic mass is 35.5. The summed E-state index contributed by atoms with van der Waals surface area (Å²) in [6, 6.07) is 12.2. The Morgan fingerprint density at radius 1 is 1.00 bits per heavy atom. The molecule has 0 aliphatic rings. The minimum Gasteiger partial charge on any atom is -0.480 e. The van der Waals surface area contributed by atoms with Gasteiger partial charge in [-0.05, 0) is 41.3 Å². The molecule has 1 atom stereocenters. The average molecular weight is 368 g/mol. The Bertz CT molecular complexity index is 815. The van der Waals surface area contributed by atoms with Crippen LogP contribution < -0.4 is 4.72 Å². The van der Waals surface area contributed by atoms with Crippen molar-refractivity contribution < 1.29 is 18.3 Å². The summed E-state index contributed by atoms with van der Waals surface area (Å²) in [5.41, 5.74) is 1.74. The molecule has 24 heavy (non-hydrogen) atoms. The molecule has 0 fully saturated rings. The number of carboxylic acids is 1. The van der Waals surface area contributed by atoms with Crippen molar-refractivity contribution in [2.24, 2.45) is 5.92 Å². The topological polar surface area (TPSA) is 83.5 Å². The van der Waals surface area contributed by atoms with E-state index in [2.05, 4.69) is 4.72 Å². The van der Waals surface area contributed by atoms with Gasteiger partial charge in [-0.2, -0.15) is 4.72 Å². The van der Waals surface area contributed by atoms with Crippen molar-refractivity contribution in [3.63, 3.8) is 0 Å². The lowest BCUT2D eigenvalue weighted by Gasteiger charge is -2.18. The molecule has 0 aliphatic heterocycles. The number of hydrogen-bond acceptors (Lipinski definition) is 3. The number of carbonyl (C=O) groups is 1. The van der Waals surface area contributed by atoms with Gasteiger partial charge >= 0.3 is 5.97 Å². The molecule has 0 heterocycles. The van der Waals surface area contributed by atoms with Crippen molar-refractivity contribution in [1.29, 1.82) is 0 Å². The number of benzene rings is 2. The van der Waals surface area contributed by atoms with Gasteiger partial charge in [0.25, 0.3) is 0 Å². The first-order valence-corrected chi connectivity index (χ1v) is 9.18. The fourth-order valence-electron chi connectivity index (χ4n) is 2.18. The van der Waals surface area contributed by atoms with Gasteiger partial charge in [-0.25, -0.2) is 8.42 Å². The standard InChI is InChI=1S/C17H18ClNO4S/c1-11(2)16(17(20)21)19-24(22,23)15-9-5-13(6-10-15)12-3-7-14(18)8-4-12/h3-11,16,19H,1-2H3,(H,20,21)/t16-/m1/s1. The highest BCUT2D eigenvalue weighted by molar-refractivity contribution is 7.89. The smallest absolute Gasteiger partial charge is 0.322 e. The summed E-state index contributed by atoms with van der Waals surface area (Å²) >= 11 is 5.85. The summed E-state index contributed by atoms with van der Waals surface area (Å²) in [4.78, 5) is 11.2. The van der Waals surface area contributed by atoms with E-state index in [0.717, 1.165) is 11.1 Å². The van der Waals surface area contributed by atoms with Crippen molar-refractivity contribution in [1.82, 2.24) is 4.72 Å². The fourth-order valence-corrected chi connectivity index (χ4v) is 3.64. The van der Waals surface area contributed by atoms with E-state index in [4.69, 9.17) is 16.7 Å². The van der Waals surface area contributed by atoms with Crippen molar-refractivity contribution in [2.45, 2.75) is 24.8 Å². The van der Waals surface area contributed by atoms with Gasteiger partial charge in [0, 0.05) is 5.02 Å². The van der Waals surface area contributed by atoms with E-state index in [1.54, 1.807) is 38.1 Å². The van der Waals surface area contributed by atoms with E-state index >= 15 is 0 Å². The van der Waals surface area contributed by atoms with Gasteiger partial charge in [0.15, 0.2) is 0 Å². The normalized spacial score (nSPS) is 13.0. The maximum absolute atomic E-state index is 12.4. The van der Waals surface area contributed by atoms with E-state index in [9.17, 15) is 13.2 Å². The second-order valence-corrected chi connectivity index (χ2v) is 7.86. The number of sulfonamides is 1. The lowest BCUT2D eigenvalue weighted by molar-refractivity contribution is -0.140. The highest BCUT2D eigenvalue weighted by Gasteiger charge is 2.27. The quantitative estimate of drug-likeness (QED) is 0.819. The van der Waals surface area contributed by atoms with Crippen LogP contribution >= 0.6 is 11.6 Å². The number of rotatable bonds is 6. The predicted molar refractivity (Wildman–Crippen MR) is 93.5 cm³/mol. The molecule has 0 unspecified atom stereocenters. The lowest BCUT2D eigenvalue weighted by Crippen LogP contribution is -2.44. The van der Waals surface area contributed by atoms with Crippen LogP contribution in [0.1, 0.15) is 13.8 Å². The molecule has 0 saturated carbocycles. The zero-order chi connectivity index (χ0) is 17.9. The molecule has 0 saturated heterocycles. The Balaban J connectivity index is 2.26. The van der Waals surface area contributed by atoms with Crippen molar-refractivity contribution in [3.05, 3.63) is 53.6 Å². The monoisotopic (exact) mass is 367 g/mol. The molecule has 0 radical (unpaired) electrons. The largest absolute Gasteiger partial charge is 0.480 e. The summed E-state index contributed by atoms with van der Waals surface area (Å²) in [5.74, 6) is -1.57. The first kappa shape index (κ1) is 18.4. The second-order valence-electron chi connectivity index (χ2n) is 5.71. The molecular formula is C17H18ClNO4S. The number of aliphatic carboxylic acids is 1. The van der Waals surface area contributed by atoms with E-state index < -0.39 is 22.0 Å². The van der Waals surface area contributed by atoms with Crippen LogP contribution in [0.2, 0.25) is 5.02 Å². The van der Waals surface area contributed by atoms with Gasteiger partial charge in [-0.15, -0.1) is 0 Å². The lowest BCUT2D eigenvalue weighted by atomic mass is 10.1. The second kappa shape index (κ2) is 7.34. The first-order valence-electron chi connectivity index (χ1n) is 7.32. The molecule has 0 aromatic heterocycles. The van der Waals surface area contributed by atoms with Crippen molar-refractivity contribution >= 4 is 27.6 Å². The molecule has 2 rings (SSSR count). The Morgan fingerprint density at radius 3 is 1.88 bits per heavy atom. The van der Waals surface area contributed by atoms with Crippen molar-refractivity contribution in [2.75, 3.05) is 0 Å². The average Bonchev–Trinajstić information content (AvgIpc) is 2.53. The molecule has 2 N–H and O–H groups in total. The minimum atomic E-state index is -3.91. The van der Waals surface area contributed by atoms with E-state index in [-0.39, 0.29) is 10.8 Å². The minimum absolute atomic E-state index is 0.0205. The number of nitrogens with one attached hydrogen (secondary N) is 1. The summed E-state index contributed by atoms with van der Waals surface area (Å²) in [6.45, 7) is 3.29. The van der Waals surface area contributed by atoms with Crippen LogP contribution in [0, 0.1) is 5.92 Å². The van der Waals surface area contributed by atoms with Crippen LogP contribution in [-0.4, -0.2) is 25.5 Å². The number of hydrogen-bond donors (Lipinski definition) is 2. The molecule has 0 bridgehead atoms. The van der Waals surface area contributed by atoms with Crippen LogP contribution in [0.3, 0.4) is 0 Å². The maximum Gasteiger partial charge on any atom is 0.322 e. The van der Waals surface area contributed by atoms with E-state index in [0.29, 0.717) is 5.02 Å². The maximum atomic E-state index is 12.4. The third kappa shape index (κ3) is 4.35. The Morgan fingerprint density at radius 2 is 1.46 bits per heavy atom. The molecule has 0 aliphatic carbocycles. The first-order chi connectivity index (χ1) is 11.2. The van der Waals surface area contributed by atoms with Crippen LogP contribution in [0.5, 0.6) is 0 Å². The zero-order valence-corrected chi connectivity index (χ0v) is 14.8. The summed E-state index contributed by atoms with van der Waals surface area (Å²) in [6.07, 6.45) is 0. The van der Waals surface area contributed by atoms with Gasteiger partial charge in [0.05, 0.1) is 4.90 Å². The third-order valence-electron chi connectivity index (χ3n) is 3.56. The fraction of sp³-hybridized carbons (Fsp3) is 0.235. The Hall–Kier alpha value is -1.89. The van der Waals surface area contributed by atoms with Crippen LogP contribution in [0.15, 0.2) is 53.4 Å². The summed E-state index contributed by atoms with van der Waals surface area (Å²) < 4.78 is 26.9. The van der Waals surface area contributed by atoms with Gasteiger partial charge in [-0.3, -0.25) is 4.79 Å². The Kier molecular flexibility index (Phi) is 5.64. The molecule has 5 nitrogen and oxygen atoms in total. The van der Waals surface area contributed by atoms with E-state index in [1.807, 2.05) is 12.1 Å². The summed E-state index contributed by atoms with van der Waals surface area (Å²) in [7, 11) is -3.91. The Labute approximate surface area is 146 Å². The van der Waals surface area contributed by atoms with Gasteiger partial charge < -0.3 is 5.11 Å². The van der Waals surface area contributed by atoms with Gasteiger partial charge in [-0.1, -0.05) is 49.7 Å². The van der Waals surface area contributed by atoms with Gasteiger partial charge in [0.2, 0.25) is 10.0 Å². The molecule has 7 heteroatoms.